The van der Waals surface area contributed by atoms with Crippen LogP contribution in [0, 0.1) is 5.92 Å². The van der Waals surface area contributed by atoms with Crippen LogP contribution in [-0.2, 0) is 4.84 Å². The fraction of sp³-hybridized carbons (Fsp3) is 0.875. The van der Waals surface area contributed by atoms with Crippen LogP contribution in [0.2, 0.25) is 0 Å². The molecule has 0 spiro atoms. The summed E-state index contributed by atoms with van der Waals surface area (Å²) in [6.45, 7) is 3.49. The third-order valence-electron chi connectivity index (χ3n) is 2.77. The van der Waals surface area contributed by atoms with Gasteiger partial charge in [0.2, 0.25) is 0 Å². The molecule has 4 nitrogen and oxygen atoms in total. The molecule has 0 radical (unpaired) electrons. The van der Waals surface area contributed by atoms with E-state index >= 15 is 0 Å². The van der Waals surface area contributed by atoms with Crippen LogP contribution in [0.3, 0.4) is 0 Å². The monoisotopic (exact) mass is 171 g/mol. The predicted octanol–water partition coefficient (Wildman–Crippen LogP) is -0.107. The molecule has 1 heterocycles. The first-order valence-corrected chi connectivity index (χ1v) is 4.13. The van der Waals surface area contributed by atoms with Crippen molar-refractivity contribution in [3.63, 3.8) is 0 Å². The standard InChI is InChI=1S/C8H13NO3/c1-4-6-5(10)3-8(2,11)7(6)12-9-4/h5-7,10-11H,3H2,1-2H3/t5-,6+,7+,8+/m0/s1. The largest absolute Gasteiger partial charge is 0.392 e. The molecule has 2 N–H and O–H groups in total. The van der Waals surface area contributed by atoms with E-state index in [0.717, 1.165) is 5.71 Å². The van der Waals surface area contributed by atoms with Crippen LogP contribution >= 0.6 is 0 Å². The summed E-state index contributed by atoms with van der Waals surface area (Å²) in [5.74, 6) is -0.111. The lowest BCUT2D eigenvalue weighted by Gasteiger charge is -2.21. The van der Waals surface area contributed by atoms with Crippen molar-refractivity contribution in [2.75, 3.05) is 0 Å². The lowest BCUT2D eigenvalue weighted by Crippen LogP contribution is -2.37. The van der Waals surface area contributed by atoms with Crippen LogP contribution in [0.4, 0.5) is 0 Å². The zero-order chi connectivity index (χ0) is 8.93. The Hall–Kier alpha value is -0.610. The van der Waals surface area contributed by atoms with Gasteiger partial charge in [-0.1, -0.05) is 5.16 Å². The summed E-state index contributed by atoms with van der Waals surface area (Å²) in [5.41, 5.74) is -0.156. The highest BCUT2D eigenvalue weighted by Gasteiger charge is 2.55. The highest BCUT2D eigenvalue weighted by molar-refractivity contribution is 5.86. The topological polar surface area (TPSA) is 62.0 Å². The second-order valence-corrected chi connectivity index (χ2v) is 3.91. The molecular formula is C8H13NO3. The smallest absolute Gasteiger partial charge is 0.166 e. The van der Waals surface area contributed by atoms with Crippen molar-refractivity contribution in [2.24, 2.45) is 11.1 Å². The van der Waals surface area contributed by atoms with Crippen LogP contribution in [0.25, 0.3) is 0 Å². The summed E-state index contributed by atoms with van der Waals surface area (Å²) < 4.78 is 0. The summed E-state index contributed by atoms with van der Waals surface area (Å²) in [7, 11) is 0. The van der Waals surface area contributed by atoms with Crippen LogP contribution < -0.4 is 0 Å². The Morgan fingerprint density at radius 3 is 2.92 bits per heavy atom. The normalized spacial score (nSPS) is 51.7. The van der Waals surface area contributed by atoms with Gasteiger partial charge in [0.15, 0.2) is 6.10 Å². The van der Waals surface area contributed by atoms with E-state index in [2.05, 4.69) is 5.16 Å². The minimum absolute atomic E-state index is 0.111. The van der Waals surface area contributed by atoms with Gasteiger partial charge in [0.25, 0.3) is 0 Å². The molecule has 1 saturated carbocycles. The molecule has 2 rings (SSSR count). The molecule has 0 bridgehead atoms. The summed E-state index contributed by atoms with van der Waals surface area (Å²) >= 11 is 0. The Kier molecular flexibility index (Phi) is 1.47. The van der Waals surface area contributed by atoms with Gasteiger partial charge in [-0.15, -0.1) is 0 Å². The second kappa shape index (κ2) is 2.20. The molecule has 0 aromatic carbocycles. The Balaban J connectivity index is 2.28. The fourth-order valence-electron chi connectivity index (χ4n) is 2.13. The Morgan fingerprint density at radius 1 is 1.67 bits per heavy atom. The number of aliphatic hydroxyl groups is 2. The van der Waals surface area contributed by atoms with E-state index in [9.17, 15) is 10.2 Å². The zero-order valence-electron chi connectivity index (χ0n) is 7.19. The lowest BCUT2D eigenvalue weighted by molar-refractivity contribution is -0.0738. The summed E-state index contributed by atoms with van der Waals surface area (Å²) in [6, 6.07) is 0. The first-order valence-electron chi connectivity index (χ1n) is 4.13. The summed E-state index contributed by atoms with van der Waals surface area (Å²) in [4.78, 5) is 5.05. The van der Waals surface area contributed by atoms with E-state index in [1.807, 2.05) is 6.92 Å². The van der Waals surface area contributed by atoms with E-state index in [1.54, 1.807) is 6.92 Å². The number of nitrogens with zero attached hydrogens (tertiary/aromatic N) is 1. The predicted molar refractivity (Wildman–Crippen MR) is 42.7 cm³/mol. The van der Waals surface area contributed by atoms with E-state index in [4.69, 9.17) is 4.84 Å². The van der Waals surface area contributed by atoms with Crippen molar-refractivity contribution in [1.29, 1.82) is 0 Å². The molecule has 4 heteroatoms. The van der Waals surface area contributed by atoms with Crippen LogP contribution in [-0.4, -0.2) is 33.7 Å². The van der Waals surface area contributed by atoms with Gasteiger partial charge in [-0.25, -0.2) is 0 Å². The quantitative estimate of drug-likeness (QED) is 0.534. The van der Waals surface area contributed by atoms with Gasteiger partial charge in [0.05, 0.1) is 17.7 Å². The number of hydrogen-bond acceptors (Lipinski definition) is 4. The van der Waals surface area contributed by atoms with Gasteiger partial charge in [0, 0.05) is 6.42 Å². The molecule has 1 fully saturated rings. The molecule has 12 heavy (non-hydrogen) atoms. The molecule has 0 aromatic rings. The van der Waals surface area contributed by atoms with Crippen molar-refractivity contribution >= 4 is 5.71 Å². The van der Waals surface area contributed by atoms with Crippen molar-refractivity contribution < 1.29 is 15.1 Å². The highest BCUT2D eigenvalue weighted by atomic mass is 16.7. The molecule has 0 unspecified atom stereocenters. The van der Waals surface area contributed by atoms with Gasteiger partial charge in [-0.2, -0.15) is 0 Å². The van der Waals surface area contributed by atoms with Crippen molar-refractivity contribution in [1.82, 2.24) is 0 Å². The first kappa shape index (κ1) is 8.01. The molecule has 1 aliphatic heterocycles. The SMILES string of the molecule is CC1=NO[C@@H]2[C@H]1[C@@H](O)C[C@@]2(C)O. The van der Waals surface area contributed by atoms with Gasteiger partial charge in [-0.3, -0.25) is 0 Å². The Labute approximate surface area is 70.8 Å². The molecule has 0 aromatic heterocycles. The minimum Gasteiger partial charge on any atom is -0.392 e. The molecule has 0 saturated heterocycles. The molecule has 1 aliphatic carbocycles. The molecular weight excluding hydrogens is 158 g/mol. The third kappa shape index (κ3) is 0.881. The van der Waals surface area contributed by atoms with Crippen molar-refractivity contribution in [3.05, 3.63) is 0 Å². The summed E-state index contributed by atoms with van der Waals surface area (Å²) in [5, 5.41) is 23.1. The maximum Gasteiger partial charge on any atom is 0.166 e. The van der Waals surface area contributed by atoms with Crippen LogP contribution in [0.5, 0.6) is 0 Å². The highest BCUT2D eigenvalue weighted by Crippen LogP contribution is 2.41. The van der Waals surface area contributed by atoms with E-state index in [-0.39, 0.29) is 12.0 Å². The molecule has 68 valence electrons. The van der Waals surface area contributed by atoms with Gasteiger partial charge in [0.1, 0.15) is 5.60 Å². The molecule has 2 aliphatic rings. The van der Waals surface area contributed by atoms with Crippen molar-refractivity contribution in [2.45, 2.75) is 38.1 Å². The maximum absolute atomic E-state index is 9.79. The number of oxime groups is 1. The fourth-order valence-corrected chi connectivity index (χ4v) is 2.13. The Bertz CT molecular complexity index is 236. The van der Waals surface area contributed by atoms with Crippen LogP contribution in [0.1, 0.15) is 20.3 Å². The summed E-state index contributed by atoms with van der Waals surface area (Å²) in [6.07, 6.45) is -0.501. The third-order valence-corrected chi connectivity index (χ3v) is 2.77. The number of aliphatic hydroxyl groups excluding tert-OH is 1. The first-order chi connectivity index (χ1) is 5.52. The van der Waals surface area contributed by atoms with Gasteiger partial charge >= 0.3 is 0 Å². The van der Waals surface area contributed by atoms with Crippen LogP contribution in [0.15, 0.2) is 5.16 Å². The number of rotatable bonds is 0. The maximum atomic E-state index is 9.79. The average Bonchev–Trinajstić information content (AvgIpc) is 2.38. The van der Waals surface area contributed by atoms with E-state index < -0.39 is 11.7 Å². The Morgan fingerprint density at radius 2 is 2.33 bits per heavy atom. The van der Waals surface area contributed by atoms with E-state index in [1.165, 1.54) is 0 Å². The average molecular weight is 171 g/mol. The van der Waals surface area contributed by atoms with E-state index in [0.29, 0.717) is 6.42 Å². The van der Waals surface area contributed by atoms with Gasteiger partial charge < -0.3 is 15.1 Å². The number of fused-ring (bicyclic) bond motifs is 1. The zero-order valence-corrected chi connectivity index (χ0v) is 7.19. The molecule has 4 atom stereocenters. The second-order valence-electron chi connectivity index (χ2n) is 3.91. The van der Waals surface area contributed by atoms with Gasteiger partial charge in [-0.05, 0) is 13.8 Å². The molecule has 0 amide bonds. The number of hydrogen-bond donors (Lipinski definition) is 2. The lowest BCUT2D eigenvalue weighted by atomic mass is 9.96. The van der Waals surface area contributed by atoms with Crippen molar-refractivity contribution in [3.8, 4) is 0 Å². The minimum atomic E-state index is -0.939.